The SMILES string of the molecule is CCCC(CCO)CNC(=O)CCc1ccccc1C. The highest BCUT2D eigenvalue weighted by molar-refractivity contribution is 5.76. The number of hydrogen-bond acceptors (Lipinski definition) is 2. The van der Waals surface area contributed by atoms with E-state index >= 15 is 0 Å². The highest BCUT2D eigenvalue weighted by Gasteiger charge is 2.09. The summed E-state index contributed by atoms with van der Waals surface area (Å²) in [7, 11) is 0. The van der Waals surface area contributed by atoms with E-state index in [1.807, 2.05) is 12.1 Å². The van der Waals surface area contributed by atoms with Crippen LogP contribution in [-0.2, 0) is 11.2 Å². The molecule has 1 rings (SSSR count). The van der Waals surface area contributed by atoms with Crippen molar-refractivity contribution in [2.75, 3.05) is 13.2 Å². The Morgan fingerprint density at radius 2 is 2.05 bits per heavy atom. The number of rotatable bonds is 9. The number of aliphatic hydroxyl groups is 1. The maximum Gasteiger partial charge on any atom is 0.220 e. The number of carbonyl (C=O) groups is 1. The van der Waals surface area contributed by atoms with Crippen molar-refractivity contribution >= 4 is 5.91 Å². The average Bonchev–Trinajstić information content (AvgIpc) is 2.44. The molecule has 20 heavy (non-hydrogen) atoms. The van der Waals surface area contributed by atoms with Gasteiger partial charge in [-0.2, -0.15) is 0 Å². The Morgan fingerprint density at radius 3 is 2.70 bits per heavy atom. The van der Waals surface area contributed by atoms with E-state index in [-0.39, 0.29) is 12.5 Å². The molecule has 0 spiro atoms. The summed E-state index contributed by atoms with van der Waals surface area (Å²) < 4.78 is 0. The van der Waals surface area contributed by atoms with Crippen molar-refractivity contribution in [2.24, 2.45) is 5.92 Å². The van der Waals surface area contributed by atoms with Crippen LogP contribution in [-0.4, -0.2) is 24.2 Å². The number of benzene rings is 1. The monoisotopic (exact) mass is 277 g/mol. The summed E-state index contributed by atoms with van der Waals surface area (Å²) in [4.78, 5) is 11.9. The molecule has 112 valence electrons. The molecule has 0 aliphatic carbocycles. The third-order valence-corrected chi connectivity index (χ3v) is 3.70. The van der Waals surface area contributed by atoms with E-state index in [0.717, 1.165) is 25.7 Å². The maximum atomic E-state index is 11.9. The van der Waals surface area contributed by atoms with Crippen LogP contribution in [0.15, 0.2) is 24.3 Å². The summed E-state index contributed by atoms with van der Waals surface area (Å²) in [6, 6.07) is 8.18. The lowest BCUT2D eigenvalue weighted by Gasteiger charge is -2.15. The van der Waals surface area contributed by atoms with Crippen molar-refractivity contribution in [3.05, 3.63) is 35.4 Å². The van der Waals surface area contributed by atoms with E-state index in [1.165, 1.54) is 11.1 Å². The van der Waals surface area contributed by atoms with Crippen LogP contribution in [0.3, 0.4) is 0 Å². The second kappa shape index (κ2) is 9.54. The van der Waals surface area contributed by atoms with Gasteiger partial charge in [0.15, 0.2) is 0 Å². The molecule has 2 N–H and O–H groups in total. The molecule has 1 aromatic rings. The third kappa shape index (κ3) is 6.20. The van der Waals surface area contributed by atoms with Crippen LogP contribution in [0.4, 0.5) is 0 Å². The number of hydrogen-bond donors (Lipinski definition) is 2. The highest BCUT2D eigenvalue weighted by Crippen LogP contribution is 2.11. The Balaban J connectivity index is 2.31. The molecule has 0 saturated heterocycles. The lowest BCUT2D eigenvalue weighted by atomic mass is 10.00. The molecule has 1 aromatic carbocycles. The first-order valence-corrected chi connectivity index (χ1v) is 7.59. The zero-order valence-corrected chi connectivity index (χ0v) is 12.7. The molecule has 0 heterocycles. The third-order valence-electron chi connectivity index (χ3n) is 3.70. The van der Waals surface area contributed by atoms with E-state index < -0.39 is 0 Å². The van der Waals surface area contributed by atoms with Crippen LogP contribution in [0.2, 0.25) is 0 Å². The summed E-state index contributed by atoms with van der Waals surface area (Å²) in [5.41, 5.74) is 2.48. The van der Waals surface area contributed by atoms with Crippen LogP contribution in [0.1, 0.15) is 43.7 Å². The molecule has 0 aliphatic heterocycles. The van der Waals surface area contributed by atoms with Gasteiger partial charge in [-0.1, -0.05) is 37.6 Å². The smallest absolute Gasteiger partial charge is 0.220 e. The lowest BCUT2D eigenvalue weighted by molar-refractivity contribution is -0.121. The predicted octanol–water partition coefficient (Wildman–Crippen LogP) is 2.84. The summed E-state index contributed by atoms with van der Waals surface area (Å²) in [5, 5.41) is 12.0. The van der Waals surface area contributed by atoms with Gasteiger partial charge in [-0.3, -0.25) is 4.79 Å². The second-order valence-electron chi connectivity index (χ2n) is 5.40. The van der Waals surface area contributed by atoms with Crippen LogP contribution >= 0.6 is 0 Å². The fraction of sp³-hybridized carbons (Fsp3) is 0.588. The minimum atomic E-state index is 0.104. The molecular formula is C17H27NO2. The largest absolute Gasteiger partial charge is 0.396 e. The van der Waals surface area contributed by atoms with E-state index in [4.69, 9.17) is 5.11 Å². The Labute approximate surface area is 122 Å². The summed E-state index contributed by atoms with van der Waals surface area (Å²) in [6.45, 7) is 5.08. The number of nitrogens with one attached hydrogen (secondary N) is 1. The first-order valence-electron chi connectivity index (χ1n) is 7.59. The zero-order chi connectivity index (χ0) is 14.8. The molecule has 3 nitrogen and oxygen atoms in total. The van der Waals surface area contributed by atoms with Gasteiger partial charge in [0.05, 0.1) is 0 Å². The zero-order valence-electron chi connectivity index (χ0n) is 12.7. The van der Waals surface area contributed by atoms with Gasteiger partial charge >= 0.3 is 0 Å². The standard InChI is InChI=1S/C17H27NO2/c1-3-6-15(11-12-19)13-18-17(20)10-9-16-8-5-4-7-14(16)2/h4-5,7-8,15,19H,3,6,9-13H2,1-2H3,(H,18,20). The van der Waals surface area contributed by atoms with E-state index in [1.54, 1.807) is 0 Å². The second-order valence-corrected chi connectivity index (χ2v) is 5.40. The first kappa shape index (κ1) is 16.7. The van der Waals surface area contributed by atoms with Gasteiger partial charge in [-0.25, -0.2) is 0 Å². The van der Waals surface area contributed by atoms with Crippen molar-refractivity contribution in [3.63, 3.8) is 0 Å². The topological polar surface area (TPSA) is 49.3 Å². The number of amides is 1. The molecule has 1 atom stereocenters. The molecule has 3 heteroatoms. The van der Waals surface area contributed by atoms with Crippen LogP contribution < -0.4 is 5.32 Å². The molecule has 0 saturated carbocycles. The van der Waals surface area contributed by atoms with Crippen LogP contribution in [0.25, 0.3) is 0 Å². The first-order chi connectivity index (χ1) is 9.67. The van der Waals surface area contributed by atoms with Gasteiger partial charge in [0, 0.05) is 19.6 Å². The molecule has 0 aromatic heterocycles. The summed E-state index contributed by atoms with van der Waals surface area (Å²) in [5.74, 6) is 0.500. The fourth-order valence-electron chi connectivity index (χ4n) is 2.42. The van der Waals surface area contributed by atoms with E-state index in [9.17, 15) is 4.79 Å². The summed E-state index contributed by atoms with van der Waals surface area (Å²) >= 11 is 0. The maximum absolute atomic E-state index is 11.9. The quantitative estimate of drug-likeness (QED) is 0.729. The average molecular weight is 277 g/mol. The van der Waals surface area contributed by atoms with Crippen molar-refractivity contribution < 1.29 is 9.90 Å². The fourth-order valence-corrected chi connectivity index (χ4v) is 2.42. The summed E-state index contributed by atoms with van der Waals surface area (Å²) in [6.07, 6.45) is 4.23. The van der Waals surface area contributed by atoms with Gasteiger partial charge in [0.25, 0.3) is 0 Å². The Bertz CT molecular complexity index is 398. The van der Waals surface area contributed by atoms with E-state index in [0.29, 0.717) is 18.9 Å². The molecule has 0 radical (unpaired) electrons. The molecule has 1 amide bonds. The van der Waals surface area contributed by atoms with Gasteiger partial charge < -0.3 is 10.4 Å². The number of aryl methyl sites for hydroxylation is 2. The Hall–Kier alpha value is -1.35. The molecule has 0 aliphatic rings. The van der Waals surface area contributed by atoms with Gasteiger partial charge in [0.1, 0.15) is 0 Å². The van der Waals surface area contributed by atoms with Crippen molar-refractivity contribution in [2.45, 2.75) is 46.0 Å². The Morgan fingerprint density at radius 1 is 1.30 bits per heavy atom. The normalized spacial score (nSPS) is 12.2. The highest BCUT2D eigenvalue weighted by atomic mass is 16.3. The van der Waals surface area contributed by atoms with Gasteiger partial charge in [0.2, 0.25) is 5.91 Å². The van der Waals surface area contributed by atoms with E-state index in [2.05, 4.69) is 31.3 Å². The Kier molecular flexibility index (Phi) is 7.97. The van der Waals surface area contributed by atoms with Crippen molar-refractivity contribution in [1.29, 1.82) is 0 Å². The number of carbonyl (C=O) groups excluding carboxylic acids is 1. The molecular weight excluding hydrogens is 250 g/mol. The molecule has 0 bridgehead atoms. The van der Waals surface area contributed by atoms with Crippen molar-refractivity contribution in [1.82, 2.24) is 5.32 Å². The van der Waals surface area contributed by atoms with Gasteiger partial charge in [-0.05, 0) is 43.2 Å². The van der Waals surface area contributed by atoms with Crippen LogP contribution in [0.5, 0.6) is 0 Å². The molecule has 1 unspecified atom stereocenters. The predicted molar refractivity (Wildman–Crippen MR) is 82.6 cm³/mol. The number of aliphatic hydroxyl groups excluding tert-OH is 1. The molecule has 0 fully saturated rings. The lowest BCUT2D eigenvalue weighted by Crippen LogP contribution is -2.30. The van der Waals surface area contributed by atoms with Crippen molar-refractivity contribution in [3.8, 4) is 0 Å². The minimum absolute atomic E-state index is 0.104. The van der Waals surface area contributed by atoms with Crippen LogP contribution in [0, 0.1) is 12.8 Å². The minimum Gasteiger partial charge on any atom is -0.396 e. The van der Waals surface area contributed by atoms with Gasteiger partial charge in [-0.15, -0.1) is 0 Å².